The molecule has 17 heavy (non-hydrogen) atoms. The Hall–Kier alpha value is -0.610. The second kappa shape index (κ2) is 6.97. The lowest BCUT2D eigenvalue weighted by Gasteiger charge is -2.31. The fourth-order valence-electron chi connectivity index (χ4n) is 2.23. The topological polar surface area (TPSA) is 44.4 Å². The number of hydrogen-bond donors (Lipinski definition) is 2. The monoisotopic (exact) mass is 241 g/mol. The minimum absolute atomic E-state index is 0.0349. The van der Waals surface area contributed by atoms with Crippen LogP contribution in [0.5, 0.6) is 0 Å². The van der Waals surface area contributed by atoms with Crippen LogP contribution in [0, 0.1) is 5.92 Å². The van der Waals surface area contributed by atoms with E-state index in [1.807, 2.05) is 27.8 Å². The first-order chi connectivity index (χ1) is 8.00. The number of carbonyl (C=O) groups is 1. The Morgan fingerprint density at radius 2 is 1.94 bits per heavy atom. The third kappa shape index (κ3) is 5.04. The number of carbonyl (C=O) groups excluding carboxylic acids is 1. The summed E-state index contributed by atoms with van der Waals surface area (Å²) in [6.45, 7) is 9.23. The molecule has 1 amide bonds. The Bertz CT molecular complexity index is 237. The van der Waals surface area contributed by atoms with Gasteiger partial charge in [0.25, 0.3) is 0 Å². The molecule has 0 aromatic rings. The van der Waals surface area contributed by atoms with Gasteiger partial charge in [-0.1, -0.05) is 0 Å². The van der Waals surface area contributed by atoms with Gasteiger partial charge in [-0.25, -0.2) is 0 Å². The van der Waals surface area contributed by atoms with Gasteiger partial charge < -0.3 is 10.6 Å². The Labute approximate surface area is 105 Å². The van der Waals surface area contributed by atoms with Crippen LogP contribution < -0.4 is 10.6 Å². The molecule has 4 heteroatoms. The number of nitrogens with zero attached hydrogens (tertiary/aromatic N) is 1. The second-order valence-corrected chi connectivity index (χ2v) is 5.47. The predicted molar refractivity (Wildman–Crippen MR) is 71.0 cm³/mol. The SMILES string of the molecule is CC(C)NC(=O)C(C)N(C)CC1CCNCC1. The highest BCUT2D eigenvalue weighted by atomic mass is 16.2. The van der Waals surface area contributed by atoms with E-state index in [4.69, 9.17) is 0 Å². The predicted octanol–water partition coefficient (Wildman–Crippen LogP) is 0.831. The summed E-state index contributed by atoms with van der Waals surface area (Å²) in [7, 11) is 2.05. The van der Waals surface area contributed by atoms with Gasteiger partial charge >= 0.3 is 0 Å². The molecule has 1 aliphatic rings. The standard InChI is InChI=1S/C13H27N3O/c1-10(2)15-13(17)11(3)16(4)9-12-5-7-14-8-6-12/h10-12,14H,5-9H2,1-4H3,(H,15,17). The van der Waals surface area contributed by atoms with E-state index in [0.29, 0.717) is 0 Å². The average molecular weight is 241 g/mol. The second-order valence-electron chi connectivity index (χ2n) is 5.47. The van der Waals surface area contributed by atoms with Crippen molar-refractivity contribution in [1.29, 1.82) is 0 Å². The van der Waals surface area contributed by atoms with Crippen molar-refractivity contribution < 1.29 is 4.79 Å². The van der Waals surface area contributed by atoms with Gasteiger partial charge in [-0.2, -0.15) is 0 Å². The Balaban J connectivity index is 2.34. The molecule has 0 saturated carbocycles. The van der Waals surface area contributed by atoms with Crippen molar-refractivity contribution in [2.75, 3.05) is 26.7 Å². The van der Waals surface area contributed by atoms with Gasteiger partial charge in [0.05, 0.1) is 6.04 Å². The molecule has 2 N–H and O–H groups in total. The summed E-state index contributed by atoms with van der Waals surface area (Å²) >= 11 is 0. The van der Waals surface area contributed by atoms with Crippen LogP contribution in [0.1, 0.15) is 33.6 Å². The van der Waals surface area contributed by atoms with E-state index >= 15 is 0 Å². The Morgan fingerprint density at radius 3 is 2.47 bits per heavy atom. The highest BCUT2D eigenvalue weighted by Gasteiger charge is 2.22. The van der Waals surface area contributed by atoms with Crippen LogP contribution in [0.2, 0.25) is 0 Å². The van der Waals surface area contributed by atoms with E-state index in [1.54, 1.807) is 0 Å². The molecule has 100 valence electrons. The summed E-state index contributed by atoms with van der Waals surface area (Å²) in [6.07, 6.45) is 2.45. The molecule has 4 nitrogen and oxygen atoms in total. The summed E-state index contributed by atoms with van der Waals surface area (Å²) < 4.78 is 0. The van der Waals surface area contributed by atoms with Crippen LogP contribution >= 0.6 is 0 Å². The van der Waals surface area contributed by atoms with Gasteiger partial charge in [-0.05, 0) is 59.7 Å². The van der Waals surface area contributed by atoms with Crippen LogP contribution in [-0.4, -0.2) is 49.6 Å². The molecule has 0 bridgehead atoms. The minimum atomic E-state index is -0.0349. The number of piperidine rings is 1. The van der Waals surface area contributed by atoms with E-state index in [1.165, 1.54) is 12.8 Å². The van der Waals surface area contributed by atoms with Gasteiger partial charge in [-0.3, -0.25) is 9.69 Å². The third-order valence-electron chi connectivity index (χ3n) is 3.48. The summed E-state index contributed by atoms with van der Waals surface area (Å²) in [4.78, 5) is 14.0. The van der Waals surface area contributed by atoms with Gasteiger partial charge in [0.2, 0.25) is 5.91 Å². The highest BCUT2D eigenvalue weighted by molar-refractivity contribution is 5.81. The Morgan fingerprint density at radius 1 is 1.35 bits per heavy atom. The normalized spacial score (nSPS) is 19.6. The zero-order valence-electron chi connectivity index (χ0n) is 11.6. The first-order valence-electron chi connectivity index (χ1n) is 6.72. The number of nitrogens with one attached hydrogen (secondary N) is 2. The lowest BCUT2D eigenvalue weighted by atomic mass is 9.97. The third-order valence-corrected chi connectivity index (χ3v) is 3.48. The van der Waals surface area contributed by atoms with Gasteiger partial charge in [-0.15, -0.1) is 0 Å². The van der Waals surface area contributed by atoms with E-state index in [0.717, 1.165) is 25.6 Å². The summed E-state index contributed by atoms with van der Waals surface area (Å²) in [5, 5.41) is 6.34. The van der Waals surface area contributed by atoms with Crippen molar-refractivity contribution in [3.63, 3.8) is 0 Å². The number of hydrogen-bond acceptors (Lipinski definition) is 3. The largest absolute Gasteiger partial charge is 0.353 e. The minimum Gasteiger partial charge on any atom is -0.353 e. The number of likely N-dealkylation sites (N-methyl/N-ethyl adjacent to an activating group) is 1. The summed E-state index contributed by atoms with van der Waals surface area (Å²) in [6, 6.07) is 0.185. The van der Waals surface area contributed by atoms with E-state index in [-0.39, 0.29) is 18.0 Å². The molecule has 1 saturated heterocycles. The molecule has 1 rings (SSSR count). The van der Waals surface area contributed by atoms with Crippen molar-refractivity contribution in [2.45, 2.75) is 45.7 Å². The lowest BCUT2D eigenvalue weighted by molar-refractivity contribution is -0.126. The average Bonchev–Trinajstić information content (AvgIpc) is 2.28. The molecule has 1 unspecified atom stereocenters. The fourth-order valence-corrected chi connectivity index (χ4v) is 2.23. The molecule has 1 atom stereocenters. The van der Waals surface area contributed by atoms with E-state index in [2.05, 4.69) is 15.5 Å². The van der Waals surface area contributed by atoms with Crippen LogP contribution in [-0.2, 0) is 4.79 Å². The molecular weight excluding hydrogens is 214 g/mol. The number of amides is 1. The molecule has 0 aliphatic carbocycles. The molecule has 0 aromatic carbocycles. The van der Waals surface area contributed by atoms with Gasteiger partial charge in [0.1, 0.15) is 0 Å². The zero-order chi connectivity index (χ0) is 12.8. The molecule has 1 fully saturated rings. The first kappa shape index (κ1) is 14.5. The molecular formula is C13H27N3O. The van der Waals surface area contributed by atoms with Crippen molar-refractivity contribution in [3.05, 3.63) is 0 Å². The van der Waals surface area contributed by atoms with Crippen molar-refractivity contribution in [1.82, 2.24) is 15.5 Å². The van der Waals surface area contributed by atoms with Gasteiger partial charge in [0, 0.05) is 12.6 Å². The highest BCUT2D eigenvalue weighted by Crippen LogP contribution is 2.14. The maximum atomic E-state index is 11.9. The smallest absolute Gasteiger partial charge is 0.237 e. The van der Waals surface area contributed by atoms with Crippen molar-refractivity contribution in [2.24, 2.45) is 5.92 Å². The van der Waals surface area contributed by atoms with E-state index in [9.17, 15) is 4.79 Å². The van der Waals surface area contributed by atoms with E-state index < -0.39 is 0 Å². The van der Waals surface area contributed by atoms with Crippen LogP contribution in [0.15, 0.2) is 0 Å². The van der Waals surface area contributed by atoms with Gasteiger partial charge in [0.15, 0.2) is 0 Å². The molecule has 0 aromatic heterocycles. The zero-order valence-corrected chi connectivity index (χ0v) is 11.6. The summed E-state index contributed by atoms with van der Waals surface area (Å²) in [5.41, 5.74) is 0. The first-order valence-corrected chi connectivity index (χ1v) is 6.72. The lowest BCUT2D eigenvalue weighted by Crippen LogP contribution is -2.47. The maximum absolute atomic E-state index is 11.9. The summed E-state index contributed by atoms with van der Waals surface area (Å²) in [5.74, 6) is 0.868. The van der Waals surface area contributed by atoms with Crippen molar-refractivity contribution in [3.8, 4) is 0 Å². The maximum Gasteiger partial charge on any atom is 0.237 e. The van der Waals surface area contributed by atoms with Crippen LogP contribution in [0.3, 0.4) is 0 Å². The quantitative estimate of drug-likeness (QED) is 0.749. The van der Waals surface area contributed by atoms with Crippen LogP contribution in [0.4, 0.5) is 0 Å². The fraction of sp³-hybridized carbons (Fsp3) is 0.923. The van der Waals surface area contributed by atoms with Crippen LogP contribution in [0.25, 0.3) is 0 Å². The molecule has 1 heterocycles. The molecule has 0 radical (unpaired) electrons. The number of rotatable bonds is 5. The molecule has 0 spiro atoms. The Kier molecular flexibility index (Phi) is 5.92. The molecule has 1 aliphatic heterocycles. The van der Waals surface area contributed by atoms with Crippen molar-refractivity contribution >= 4 is 5.91 Å².